The monoisotopic (exact) mass is 398 g/mol. The van der Waals surface area contributed by atoms with E-state index in [4.69, 9.17) is 9.47 Å². The number of nitrogens with one attached hydrogen (secondary N) is 2. The number of rotatable bonds is 9. The van der Waals surface area contributed by atoms with Crippen molar-refractivity contribution in [3.63, 3.8) is 0 Å². The van der Waals surface area contributed by atoms with Crippen molar-refractivity contribution in [2.45, 2.75) is 25.6 Å². The number of hydrogen-bond donors (Lipinski definition) is 2. The first-order valence-electron chi connectivity index (χ1n) is 8.89. The summed E-state index contributed by atoms with van der Waals surface area (Å²) in [4.78, 5) is 16.4. The Balaban J connectivity index is 1.44. The van der Waals surface area contributed by atoms with Crippen LogP contribution in [0.15, 0.2) is 53.7 Å². The average Bonchev–Trinajstić information content (AvgIpc) is 3.15. The molecule has 7 nitrogen and oxygen atoms in total. The van der Waals surface area contributed by atoms with Crippen LogP contribution in [-0.2, 0) is 11.4 Å². The Hall–Kier alpha value is -3.00. The molecule has 0 radical (unpaired) electrons. The second-order valence-corrected chi connectivity index (χ2v) is 6.86. The zero-order valence-electron chi connectivity index (χ0n) is 15.8. The number of para-hydroxylation sites is 1. The van der Waals surface area contributed by atoms with Crippen molar-refractivity contribution in [3.8, 4) is 11.5 Å². The highest BCUT2D eigenvalue weighted by Crippen LogP contribution is 2.19. The van der Waals surface area contributed by atoms with E-state index in [0.717, 1.165) is 22.7 Å². The van der Waals surface area contributed by atoms with E-state index >= 15 is 0 Å². The van der Waals surface area contributed by atoms with E-state index in [1.54, 1.807) is 12.1 Å². The lowest BCUT2D eigenvalue weighted by molar-refractivity contribution is -0.113. The van der Waals surface area contributed by atoms with Gasteiger partial charge >= 0.3 is 0 Å². The zero-order chi connectivity index (χ0) is 19.8. The minimum atomic E-state index is -0.128. The van der Waals surface area contributed by atoms with E-state index in [2.05, 4.69) is 20.5 Å². The number of carbonyl (C=O) groups is 1. The molecule has 0 aliphatic rings. The molecule has 0 saturated carbocycles. The summed E-state index contributed by atoms with van der Waals surface area (Å²) < 4.78 is 11.1. The van der Waals surface area contributed by atoms with E-state index < -0.39 is 0 Å². The summed E-state index contributed by atoms with van der Waals surface area (Å²) >= 11 is 1.26. The summed E-state index contributed by atoms with van der Waals surface area (Å²) in [5, 5.41) is 10.3. The summed E-state index contributed by atoms with van der Waals surface area (Å²) in [7, 11) is 0. The fourth-order valence-corrected chi connectivity index (χ4v) is 3.02. The SMILES string of the molecule is CCOc1ccc(NC(=O)CSc2n[nH]c(COc3ccccc3C)n2)cc1. The third-order valence-corrected chi connectivity index (χ3v) is 4.60. The lowest BCUT2D eigenvalue weighted by Gasteiger charge is -2.06. The second-order valence-electron chi connectivity index (χ2n) is 5.91. The Morgan fingerprint density at radius 1 is 1.14 bits per heavy atom. The van der Waals surface area contributed by atoms with E-state index in [-0.39, 0.29) is 18.3 Å². The molecule has 2 N–H and O–H groups in total. The van der Waals surface area contributed by atoms with Gasteiger partial charge in [0.25, 0.3) is 0 Å². The lowest BCUT2D eigenvalue weighted by atomic mass is 10.2. The maximum Gasteiger partial charge on any atom is 0.234 e. The number of anilines is 1. The molecular formula is C20H22N4O3S. The molecule has 0 atom stereocenters. The van der Waals surface area contributed by atoms with E-state index in [1.165, 1.54) is 11.8 Å². The number of nitrogens with zero attached hydrogens (tertiary/aromatic N) is 2. The first-order chi connectivity index (χ1) is 13.6. The molecule has 1 heterocycles. The molecule has 0 unspecified atom stereocenters. The van der Waals surface area contributed by atoms with Crippen molar-refractivity contribution in [1.82, 2.24) is 15.2 Å². The van der Waals surface area contributed by atoms with Crippen molar-refractivity contribution >= 4 is 23.4 Å². The molecule has 1 amide bonds. The van der Waals surface area contributed by atoms with Gasteiger partial charge in [-0.25, -0.2) is 4.98 Å². The number of thioether (sulfide) groups is 1. The van der Waals surface area contributed by atoms with Crippen LogP contribution in [0.1, 0.15) is 18.3 Å². The first kappa shape index (κ1) is 19.8. The van der Waals surface area contributed by atoms with Gasteiger partial charge in [-0.05, 0) is 49.7 Å². The molecule has 3 aromatic rings. The molecule has 3 rings (SSSR count). The summed E-state index contributed by atoms with van der Waals surface area (Å²) in [5.74, 6) is 2.27. The molecular weight excluding hydrogens is 376 g/mol. The molecule has 146 valence electrons. The smallest absolute Gasteiger partial charge is 0.234 e. The third kappa shape index (κ3) is 5.75. The molecule has 8 heteroatoms. The minimum Gasteiger partial charge on any atom is -0.494 e. The number of amides is 1. The third-order valence-electron chi connectivity index (χ3n) is 3.75. The molecule has 28 heavy (non-hydrogen) atoms. The Kier molecular flexibility index (Phi) is 6.91. The average molecular weight is 398 g/mol. The highest BCUT2D eigenvalue weighted by molar-refractivity contribution is 7.99. The predicted octanol–water partition coefficient (Wildman–Crippen LogP) is 3.82. The topological polar surface area (TPSA) is 89.1 Å². The normalized spacial score (nSPS) is 10.5. The molecule has 0 bridgehead atoms. The number of aromatic nitrogens is 3. The van der Waals surface area contributed by atoms with E-state index in [1.807, 2.05) is 50.2 Å². The van der Waals surface area contributed by atoms with Gasteiger partial charge in [-0.1, -0.05) is 30.0 Å². The summed E-state index contributed by atoms with van der Waals surface area (Å²) in [6.45, 7) is 4.81. The summed E-state index contributed by atoms with van der Waals surface area (Å²) in [6, 6.07) is 15.0. The lowest BCUT2D eigenvalue weighted by Crippen LogP contribution is -2.14. The fourth-order valence-electron chi connectivity index (χ4n) is 2.40. The Morgan fingerprint density at radius 3 is 2.68 bits per heavy atom. The summed E-state index contributed by atoms with van der Waals surface area (Å²) in [5.41, 5.74) is 1.78. The van der Waals surface area contributed by atoms with Gasteiger partial charge < -0.3 is 14.8 Å². The Morgan fingerprint density at radius 2 is 1.93 bits per heavy atom. The van der Waals surface area contributed by atoms with Crippen molar-refractivity contribution in [3.05, 3.63) is 59.9 Å². The van der Waals surface area contributed by atoms with Gasteiger partial charge in [-0.15, -0.1) is 5.10 Å². The number of aryl methyl sites for hydroxylation is 1. The van der Waals surface area contributed by atoms with Crippen molar-refractivity contribution in [2.75, 3.05) is 17.7 Å². The van der Waals surface area contributed by atoms with Crippen molar-refractivity contribution < 1.29 is 14.3 Å². The number of aromatic amines is 1. The number of carbonyl (C=O) groups excluding carboxylic acids is 1. The van der Waals surface area contributed by atoms with Gasteiger partial charge in [-0.2, -0.15) is 0 Å². The standard InChI is InChI=1S/C20H22N4O3S/c1-3-26-16-10-8-15(9-11-16)21-19(25)13-28-20-22-18(23-24-20)12-27-17-7-5-4-6-14(17)2/h4-11H,3,12-13H2,1-2H3,(H,21,25)(H,22,23,24). The highest BCUT2D eigenvalue weighted by atomic mass is 32.2. The predicted molar refractivity (Wildman–Crippen MR) is 109 cm³/mol. The molecule has 0 saturated heterocycles. The number of hydrogen-bond acceptors (Lipinski definition) is 6. The first-order valence-corrected chi connectivity index (χ1v) is 9.88. The van der Waals surface area contributed by atoms with Gasteiger partial charge in [0.15, 0.2) is 5.82 Å². The second kappa shape index (κ2) is 9.80. The van der Waals surface area contributed by atoms with Gasteiger partial charge in [0.1, 0.15) is 18.1 Å². The van der Waals surface area contributed by atoms with E-state index in [9.17, 15) is 4.79 Å². The van der Waals surface area contributed by atoms with Crippen molar-refractivity contribution in [2.24, 2.45) is 0 Å². The molecule has 0 aliphatic heterocycles. The van der Waals surface area contributed by atoms with Gasteiger partial charge in [0, 0.05) is 5.69 Å². The van der Waals surface area contributed by atoms with Gasteiger partial charge in [-0.3, -0.25) is 9.89 Å². The molecule has 0 fully saturated rings. The Bertz CT molecular complexity index is 912. The summed E-state index contributed by atoms with van der Waals surface area (Å²) in [6.07, 6.45) is 0. The number of H-pyrrole nitrogens is 1. The number of benzene rings is 2. The zero-order valence-corrected chi connectivity index (χ0v) is 16.6. The quantitative estimate of drug-likeness (QED) is 0.533. The van der Waals surface area contributed by atoms with Crippen LogP contribution >= 0.6 is 11.8 Å². The molecule has 1 aromatic heterocycles. The maximum atomic E-state index is 12.1. The Labute approximate surface area is 167 Å². The van der Waals surface area contributed by atoms with Crippen molar-refractivity contribution in [1.29, 1.82) is 0 Å². The molecule has 0 spiro atoms. The van der Waals surface area contributed by atoms with Crippen LogP contribution in [0.5, 0.6) is 11.5 Å². The molecule has 2 aromatic carbocycles. The van der Waals surface area contributed by atoms with Crippen LogP contribution in [0.2, 0.25) is 0 Å². The van der Waals surface area contributed by atoms with Crippen LogP contribution in [0, 0.1) is 6.92 Å². The minimum absolute atomic E-state index is 0.128. The van der Waals surface area contributed by atoms with Crippen LogP contribution in [0.3, 0.4) is 0 Å². The van der Waals surface area contributed by atoms with Crippen LogP contribution in [0.4, 0.5) is 5.69 Å². The van der Waals surface area contributed by atoms with Crippen LogP contribution in [-0.4, -0.2) is 33.4 Å². The largest absolute Gasteiger partial charge is 0.494 e. The maximum absolute atomic E-state index is 12.1. The number of ether oxygens (including phenoxy) is 2. The van der Waals surface area contributed by atoms with Crippen LogP contribution in [0.25, 0.3) is 0 Å². The van der Waals surface area contributed by atoms with Gasteiger partial charge in [0.05, 0.1) is 12.4 Å². The van der Waals surface area contributed by atoms with Gasteiger partial charge in [0.2, 0.25) is 11.1 Å². The van der Waals surface area contributed by atoms with E-state index in [0.29, 0.717) is 17.6 Å². The molecule has 0 aliphatic carbocycles. The highest BCUT2D eigenvalue weighted by Gasteiger charge is 2.09. The fraction of sp³-hybridized carbons (Fsp3) is 0.250. The van der Waals surface area contributed by atoms with Crippen LogP contribution < -0.4 is 14.8 Å².